The number of fused-ring (bicyclic) bond motifs is 1. The van der Waals surface area contributed by atoms with Crippen LogP contribution in [0.4, 0.5) is 0 Å². The molecule has 168 valence electrons. The van der Waals surface area contributed by atoms with Crippen molar-refractivity contribution in [3.8, 4) is 17.5 Å². The average molecular weight is 485 g/mol. The van der Waals surface area contributed by atoms with Crippen LogP contribution in [0.3, 0.4) is 0 Å². The van der Waals surface area contributed by atoms with Crippen LogP contribution in [-0.2, 0) is 7.05 Å². The number of para-hydroxylation sites is 2. The van der Waals surface area contributed by atoms with Crippen molar-refractivity contribution >= 4 is 45.4 Å². The van der Waals surface area contributed by atoms with Gasteiger partial charge in [0, 0.05) is 11.9 Å². The quantitative estimate of drug-likeness (QED) is 0.390. The third kappa shape index (κ3) is 3.65. The zero-order valence-electron chi connectivity index (χ0n) is 18.8. The monoisotopic (exact) mass is 484 g/mol. The van der Waals surface area contributed by atoms with Crippen molar-refractivity contribution in [1.82, 2.24) is 14.1 Å². The Kier molecular flexibility index (Phi) is 5.65. The number of thiazole rings is 1. The van der Waals surface area contributed by atoms with E-state index < -0.39 is 0 Å². The Balaban J connectivity index is 1.88. The summed E-state index contributed by atoms with van der Waals surface area (Å²) >= 11 is 2.88. The first-order valence-corrected chi connectivity index (χ1v) is 12.2. The van der Waals surface area contributed by atoms with Crippen LogP contribution in [0.5, 0.6) is 5.75 Å². The number of methoxy groups -OCH3 is 1. The Labute approximate surface area is 203 Å². The fourth-order valence-electron chi connectivity index (χ4n) is 3.83. The number of rotatable bonds is 4. The van der Waals surface area contributed by atoms with Gasteiger partial charge in [-0.2, -0.15) is 5.26 Å². The molecule has 5 rings (SSSR count). The summed E-state index contributed by atoms with van der Waals surface area (Å²) < 4.78 is 9.86. The van der Waals surface area contributed by atoms with Gasteiger partial charge in [-0.15, -0.1) is 22.7 Å². The van der Waals surface area contributed by atoms with Crippen molar-refractivity contribution in [3.05, 3.63) is 95.8 Å². The maximum Gasteiger partial charge on any atom is 0.273 e. The van der Waals surface area contributed by atoms with Gasteiger partial charge in [0.2, 0.25) is 0 Å². The van der Waals surface area contributed by atoms with Gasteiger partial charge < -0.3 is 9.30 Å². The Hall–Kier alpha value is -3.93. The van der Waals surface area contributed by atoms with Crippen molar-refractivity contribution in [3.63, 3.8) is 0 Å². The molecule has 3 heterocycles. The van der Waals surface area contributed by atoms with Crippen molar-refractivity contribution in [1.29, 1.82) is 5.26 Å². The van der Waals surface area contributed by atoms with Crippen LogP contribution in [0.25, 0.3) is 28.4 Å². The summed E-state index contributed by atoms with van der Waals surface area (Å²) in [7, 11) is 3.48. The lowest BCUT2D eigenvalue weighted by Crippen LogP contribution is -2.31. The van der Waals surface area contributed by atoms with E-state index in [9.17, 15) is 10.1 Å². The summed E-state index contributed by atoms with van der Waals surface area (Å²) in [5.74, 6) is 1.21. The van der Waals surface area contributed by atoms with Crippen molar-refractivity contribution in [2.75, 3.05) is 7.11 Å². The van der Waals surface area contributed by atoms with E-state index in [1.807, 2.05) is 72.5 Å². The fourth-order valence-corrected chi connectivity index (χ4v) is 5.85. The molecule has 0 aliphatic carbocycles. The molecule has 8 heteroatoms. The number of nitriles is 1. The molecule has 2 aromatic carbocycles. The van der Waals surface area contributed by atoms with E-state index in [-0.39, 0.29) is 5.56 Å². The predicted molar refractivity (Wildman–Crippen MR) is 137 cm³/mol. The highest BCUT2D eigenvalue weighted by molar-refractivity contribution is 7.11. The first kappa shape index (κ1) is 21.9. The molecule has 0 atom stereocenters. The maximum absolute atomic E-state index is 13.7. The molecule has 34 heavy (non-hydrogen) atoms. The van der Waals surface area contributed by atoms with Crippen LogP contribution in [0.1, 0.15) is 16.3 Å². The molecule has 0 N–H and O–H groups in total. The lowest BCUT2D eigenvalue weighted by molar-refractivity contribution is 0.414. The normalized spacial score (nSPS) is 12.7. The summed E-state index contributed by atoms with van der Waals surface area (Å²) in [6, 6.07) is 19.3. The molecule has 6 nitrogen and oxygen atoms in total. The van der Waals surface area contributed by atoms with Gasteiger partial charge in [-0.25, -0.2) is 4.98 Å². The molecule has 0 aliphatic heterocycles. The number of hydrogen-bond donors (Lipinski definition) is 0. The molecular formula is C26H20N4O2S2. The molecular weight excluding hydrogens is 464 g/mol. The molecule has 0 spiro atoms. The largest absolute Gasteiger partial charge is 0.497 e. The molecule has 0 bridgehead atoms. The average Bonchev–Trinajstić information content (AvgIpc) is 3.51. The highest BCUT2D eigenvalue weighted by Crippen LogP contribution is 2.20. The van der Waals surface area contributed by atoms with E-state index in [2.05, 4.69) is 6.07 Å². The van der Waals surface area contributed by atoms with Crippen molar-refractivity contribution in [2.24, 2.45) is 7.05 Å². The van der Waals surface area contributed by atoms with Crippen LogP contribution < -0.4 is 19.5 Å². The van der Waals surface area contributed by atoms with Crippen LogP contribution >= 0.6 is 22.7 Å². The molecule has 0 unspecified atom stereocenters. The van der Waals surface area contributed by atoms with E-state index >= 15 is 0 Å². The molecule has 0 aliphatic rings. The van der Waals surface area contributed by atoms with Gasteiger partial charge in [0.1, 0.15) is 22.1 Å². The number of benzene rings is 2. The van der Waals surface area contributed by atoms with Gasteiger partial charge in [0.25, 0.3) is 5.56 Å². The van der Waals surface area contributed by atoms with Gasteiger partial charge in [-0.3, -0.25) is 9.36 Å². The summed E-state index contributed by atoms with van der Waals surface area (Å²) in [5.41, 5.74) is 3.65. The van der Waals surface area contributed by atoms with Gasteiger partial charge >= 0.3 is 0 Å². The zero-order chi connectivity index (χ0) is 23.8. The maximum atomic E-state index is 13.7. The van der Waals surface area contributed by atoms with Gasteiger partial charge in [-0.1, -0.05) is 12.1 Å². The Morgan fingerprint density at radius 2 is 1.91 bits per heavy atom. The minimum absolute atomic E-state index is 0.176. The lowest BCUT2D eigenvalue weighted by atomic mass is 10.2. The molecule has 0 radical (unpaired) electrons. The molecule has 0 amide bonds. The smallest absolute Gasteiger partial charge is 0.273 e. The molecule has 0 saturated carbocycles. The summed E-state index contributed by atoms with van der Waals surface area (Å²) in [5, 5.41) is 12.3. The van der Waals surface area contributed by atoms with Crippen molar-refractivity contribution in [2.45, 2.75) is 6.92 Å². The highest BCUT2D eigenvalue weighted by Gasteiger charge is 2.18. The number of aryl methyl sites for hydroxylation is 2. The number of aromatic nitrogens is 3. The third-order valence-electron chi connectivity index (χ3n) is 5.65. The van der Waals surface area contributed by atoms with Crippen LogP contribution in [0.2, 0.25) is 0 Å². The van der Waals surface area contributed by atoms with Crippen LogP contribution in [-0.4, -0.2) is 21.2 Å². The second-order valence-electron chi connectivity index (χ2n) is 7.69. The Morgan fingerprint density at radius 1 is 1.15 bits per heavy atom. The van der Waals surface area contributed by atoms with Crippen LogP contribution in [0.15, 0.2) is 64.8 Å². The number of hydrogen-bond acceptors (Lipinski definition) is 6. The number of nitrogens with zero attached hydrogens (tertiary/aromatic N) is 4. The summed E-state index contributed by atoms with van der Waals surface area (Å²) in [6.45, 7) is 2.02. The first-order valence-electron chi connectivity index (χ1n) is 10.5. The molecule has 3 aromatic heterocycles. The predicted octanol–water partition coefficient (Wildman–Crippen LogP) is 3.72. The minimum Gasteiger partial charge on any atom is -0.497 e. The van der Waals surface area contributed by atoms with Gasteiger partial charge in [0.05, 0.1) is 28.4 Å². The Bertz CT molecular complexity index is 1750. The van der Waals surface area contributed by atoms with Gasteiger partial charge in [0.15, 0.2) is 5.82 Å². The first-order chi connectivity index (χ1) is 16.5. The van der Waals surface area contributed by atoms with Crippen molar-refractivity contribution < 1.29 is 4.74 Å². The molecule has 0 fully saturated rings. The molecule has 0 saturated heterocycles. The van der Waals surface area contributed by atoms with E-state index in [0.717, 1.165) is 21.5 Å². The highest BCUT2D eigenvalue weighted by atomic mass is 32.1. The zero-order valence-corrected chi connectivity index (χ0v) is 20.4. The Morgan fingerprint density at radius 3 is 2.56 bits per heavy atom. The minimum atomic E-state index is -0.176. The number of imidazole rings is 1. The second-order valence-corrected chi connectivity index (χ2v) is 9.67. The SMILES string of the molecule is COc1ccc(-n2c(=C(C#N)c3nc4ccccc4n3C)sc(=Cc3sccc3C)c2=O)cc1. The third-order valence-corrected chi connectivity index (χ3v) is 7.71. The molecule has 5 aromatic rings. The standard InChI is InChI=1S/C26H20N4O2S2/c1-16-12-13-33-22(16)14-23-25(31)30(17-8-10-18(32-3)11-9-17)26(34-23)19(15-27)24-28-20-6-4-5-7-21(20)29(24)2/h4-14H,1-3H3. The summed E-state index contributed by atoms with van der Waals surface area (Å²) in [6.07, 6.45) is 1.90. The van der Waals surface area contributed by atoms with Crippen LogP contribution in [0, 0.1) is 18.3 Å². The van der Waals surface area contributed by atoms with E-state index in [0.29, 0.717) is 32.0 Å². The van der Waals surface area contributed by atoms with Gasteiger partial charge in [-0.05, 0) is 66.4 Å². The van der Waals surface area contributed by atoms with E-state index in [1.165, 1.54) is 11.3 Å². The number of ether oxygens (including phenoxy) is 1. The fraction of sp³-hybridized carbons (Fsp3) is 0.115. The second kappa shape index (κ2) is 8.78. The topological polar surface area (TPSA) is 72.8 Å². The van der Waals surface area contributed by atoms with E-state index in [4.69, 9.17) is 9.72 Å². The lowest BCUT2D eigenvalue weighted by Gasteiger charge is -2.06. The van der Waals surface area contributed by atoms with E-state index in [1.54, 1.807) is 35.1 Å². The summed E-state index contributed by atoms with van der Waals surface area (Å²) in [4.78, 5) is 19.4. The number of thiophene rings is 1.